The maximum atomic E-state index is 13.2. The summed E-state index contributed by atoms with van der Waals surface area (Å²) in [6.45, 7) is 2.27. The van der Waals surface area contributed by atoms with E-state index in [1.54, 1.807) is 0 Å². The fourth-order valence-corrected chi connectivity index (χ4v) is 2.27. The molecular weight excluding hydrogens is 300 g/mol. The summed E-state index contributed by atoms with van der Waals surface area (Å²) >= 11 is 3.23. The molecule has 0 fully saturated rings. The molecule has 2 rings (SSSR count). The first-order valence-electron chi connectivity index (χ1n) is 5.49. The van der Waals surface area contributed by atoms with Gasteiger partial charge in [0.25, 0.3) is 0 Å². The molecular formula is C14H12BrF2N. The minimum atomic E-state index is -0.295. The molecule has 0 aromatic heterocycles. The molecule has 1 N–H and O–H groups in total. The predicted molar refractivity (Wildman–Crippen MR) is 72.6 cm³/mol. The molecule has 0 radical (unpaired) electrons. The summed E-state index contributed by atoms with van der Waals surface area (Å²) in [5.74, 6) is -0.575. The molecule has 0 unspecified atom stereocenters. The van der Waals surface area contributed by atoms with Gasteiger partial charge in [0, 0.05) is 16.7 Å². The quantitative estimate of drug-likeness (QED) is 0.870. The van der Waals surface area contributed by atoms with Crippen LogP contribution in [0, 0.1) is 18.6 Å². The van der Waals surface area contributed by atoms with Gasteiger partial charge in [-0.15, -0.1) is 0 Å². The van der Waals surface area contributed by atoms with Gasteiger partial charge in [0.1, 0.15) is 11.6 Å². The molecule has 4 heteroatoms. The second-order valence-corrected chi connectivity index (χ2v) is 5.06. The number of hydrogen-bond acceptors (Lipinski definition) is 1. The Kier molecular flexibility index (Phi) is 3.97. The van der Waals surface area contributed by atoms with Crippen molar-refractivity contribution < 1.29 is 8.78 Å². The number of rotatable bonds is 3. The summed E-state index contributed by atoms with van der Waals surface area (Å²) in [5.41, 5.74) is 2.33. The van der Waals surface area contributed by atoms with Crippen molar-refractivity contribution in [2.45, 2.75) is 13.5 Å². The lowest BCUT2D eigenvalue weighted by Crippen LogP contribution is -2.00. The van der Waals surface area contributed by atoms with E-state index in [9.17, 15) is 8.78 Å². The standard InChI is InChI=1S/C14H12BrF2N/c1-9-2-12(16)7-14(3-9)18-8-10-4-11(15)6-13(17)5-10/h2-7,18H,8H2,1H3. The highest BCUT2D eigenvalue weighted by Crippen LogP contribution is 2.18. The van der Waals surface area contributed by atoms with Crippen LogP contribution in [0.2, 0.25) is 0 Å². The number of anilines is 1. The Labute approximate surface area is 113 Å². The first-order chi connectivity index (χ1) is 8.52. The maximum Gasteiger partial charge on any atom is 0.125 e. The van der Waals surface area contributed by atoms with Crippen molar-refractivity contribution in [3.63, 3.8) is 0 Å². The van der Waals surface area contributed by atoms with Crippen molar-refractivity contribution in [1.29, 1.82) is 0 Å². The van der Waals surface area contributed by atoms with E-state index in [2.05, 4.69) is 21.2 Å². The maximum absolute atomic E-state index is 13.2. The van der Waals surface area contributed by atoms with Gasteiger partial charge in [0.2, 0.25) is 0 Å². The average Bonchev–Trinajstić information content (AvgIpc) is 2.23. The van der Waals surface area contributed by atoms with Gasteiger partial charge in [0.05, 0.1) is 0 Å². The van der Waals surface area contributed by atoms with E-state index < -0.39 is 0 Å². The Morgan fingerprint density at radius 2 is 1.72 bits per heavy atom. The van der Waals surface area contributed by atoms with Gasteiger partial charge in [-0.2, -0.15) is 0 Å². The number of halogens is 3. The van der Waals surface area contributed by atoms with Gasteiger partial charge < -0.3 is 5.32 Å². The highest BCUT2D eigenvalue weighted by molar-refractivity contribution is 9.10. The van der Waals surface area contributed by atoms with Gasteiger partial charge in [0.15, 0.2) is 0 Å². The van der Waals surface area contributed by atoms with Gasteiger partial charge in [-0.25, -0.2) is 8.78 Å². The van der Waals surface area contributed by atoms with Crippen LogP contribution >= 0.6 is 15.9 Å². The normalized spacial score (nSPS) is 10.4. The second-order valence-electron chi connectivity index (χ2n) is 4.15. The largest absolute Gasteiger partial charge is 0.381 e. The Morgan fingerprint density at radius 3 is 2.39 bits per heavy atom. The summed E-state index contributed by atoms with van der Waals surface area (Å²) in [5, 5.41) is 3.07. The van der Waals surface area contributed by atoms with E-state index in [1.165, 1.54) is 24.3 Å². The minimum Gasteiger partial charge on any atom is -0.381 e. The van der Waals surface area contributed by atoms with Crippen molar-refractivity contribution >= 4 is 21.6 Å². The third kappa shape index (κ3) is 3.53. The third-order valence-corrected chi connectivity index (χ3v) is 2.92. The van der Waals surface area contributed by atoms with E-state index in [0.717, 1.165) is 11.1 Å². The number of aryl methyl sites for hydroxylation is 1. The Hall–Kier alpha value is -1.42. The molecule has 18 heavy (non-hydrogen) atoms. The predicted octanol–water partition coefficient (Wildman–Crippen LogP) is 4.65. The van der Waals surface area contributed by atoms with Crippen molar-refractivity contribution in [1.82, 2.24) is 0 Å². The van der Waals surface area contributed by atoms with E-state index in [1.807, 2.05) is 19.1 Å². The van der Waals surface area contributed by atoms with E-state index >= 15 is 0 Å². The Balaban J connectivity index is 2.11. The molecule has 0 aliphatic carbocycles. The highest BCUT2D eigenvalue weighted by atomic mass is 79.9. The topological polar surface area (TPSA) is 12.0 Å². The van der Waals surface area contributed by atoms with Crippen LogP contribution in [0.15, 0.2) is 40.9 Å². The summed E-state index contributed by atoms with van der Waals surface area (Å²) in [6.07, 6.45) is 0. The molecule has 0 aliphatic heterocycles. The van der Waals surface area contributed by atoms with Crippen molar-refractivity contribution in [2.24, 2.45) is 0 Å². The molecule has 2 aromatic carbocycles. The summed E-state index contributed by atoms with van der Waals surface area (Å²) in [4.78, 5) is 0. The zero-order chi connectivity index (χ0) is 13.1. The first-order valence-corrected chi connectivity index (χ1v) is 6.28. The molecule has 0 saturated carbocycles. The Morgan fingerprint density at radius 1 is 1.00 bits per heavy atom. The molecule has 94 valence electrons. The molecule has 0 bridgehead atoms. The number of benzene rings is 2. The minimum absolute atomic E-state index is 0.280. The van der Waals surface area contributed by atoms with Crippen LogP contribution in [0.25, 0.3) is 0 Å². The zero-order valence-corrected chi connectivity index (χ0v) is 11.4. The lowest BCUT2D eigenvalue weighted by atomic mass is 10.2. The van der Waals surface area contributed by atoms with E-state index in [-0.39, 0.29) is 11.6 Å². The van der Waals surface area contributed by atoms with Gasteiger partial charge >= 0.3 is 0 Å². The monoisotopic (exact) mass is 311 g/mol. The zero-order valence-electron chi connectivity index (χ0n) is 9.81. The van der Waals surface area contributed by atoms with Crippen LogP contribution in [0.1, 0.15) is 11.1 Å². The number of hydrogen-bond donors (Lipinski definition) is 1. The van der Waals surface area contributed by atoms with Crippen molar-refractivity contribution in [2.75, 3.05) is 5.32 Å². The third-order valence-electron chi connectivity index (χ3n) is 2.46. The van der Waals surface area contributed by atoms with Gasteiger partial charge in [-0.3, -0.25) is 0 Å². The Bertz CT molecular complexity index is 478. The molecule has 0 heterocycles. The van der Waals surface area contributed by atoms with E-state index in [4.69, 9.17) is 0 Å². The summed E-state index contributed by atoms with van der Waals surface area (Å²) in [7, 11) is 0. The SMILES string of the molecule is Cc1cc(F)cc(NCc2cc(F)cc(Br)c2)c1. The summed E-state index contributed by atoms with van der Waals surface area (Å²) in [6, 6.07) is 9.39. The van der Waals surface area contributed by atoms with Crippen LogP contribution in [-0.4, -0.2) is 0 Å². The fourth-order valence-electron chi connectivity index (χ4n) is 1.76. The average molecular weight is 312 g/mol. The fraction of sp³-hybridized carbons (Fsp3) is 0.143. The summed E-state index contributed by atoms with van der Waals surface area (Å²) < 4.78 is 27.0. The van der Waals surface area contributed by atoms with E-state index in [0.29, 0.717) is 16.7 Å². The molecule has 0 spiro atoms. The van der Waals surface area contributed by atoms with Crippen LogP contribution in [0.4, 0.5) is 14.5 Å². The molecule has 0 amide bonds. The van der Waals surface area contributed by atoms with Crippen LogP contribution in [0.3, 0.4) is 0 Å². The number of nitrogens with one attached hydrogen (secondary N) is 1. The lowest BCUT2D eigenvalue weighted by Gasteiger charge is -2.08. The van der Waals surface area contributed by atoms with Crippen molar-refractivity contribution in [3.05, 3.63) is 63.6 Å². The van der Waals surface area contributed by atoms with Crippen LogP contribution in [0.5, 0.6) is 0 Å². The van der Waals surface area contributed by atoms with Gasteiger partial charge in [-0.05, 0) is 54.4 Å². The highest BCUT2D eigenvalue weighted by Gasteiger charge is 2.01. The molecule has 1 nitrogen and oxygen atoms in total. The molecule has 2 aromatic rings. The molecule has 0 saturated heterocycles. The van der Waals surface area contributed by atoms with Crippen molar-refractivity contribution in [3.8, 4) is 0 Å². The molecule has 0 atom stereocenters. The second kappa shape index (κ2) is 5.48. The smallest absolute Gasteiger partial charge is 0.125 e. The van der Waals surface area contributed by atoms with Gasteiger partial charge in [-0.1, -0.05) is 15.9 Å². The van der Waals surface area contributed by atoms with Crippen LogP contribution in [-0.2, 0) is 6.54 Å². The lowest BCUT2D eigenvalue weighted by molar-refractivity contribution is 0.624. The first kappa shape index (κ1) is 13.0. The molecule has 0 aliphatic rings. The van der Waals surface area contributed by atoms with Crippen LogP contribution < -0.4 is 5.32 Å².